The molecule has 0 saturated carbocycles. The largest absolute Gasteiger partial charge is 0.477 e. The number of aromatic nitrogens is 1. The van der Waals surface area contributed by atoms with Crippen molar-refractivity contribution in [1.29, 1.82) is 0 Å². The zero-order chi connectivity index (χ0) is 13.8. The SMILES string of the molecule is COCc1nc(-c2cccc(CN)c2)sc1C(=O)O. The number of nitrogens with two attached hydrogens (primary N) is 1. The summed E-state index contributed by atoms with van der Waals surface area (Å²) in [5, 5.41) is 9.81. The van der Waals surface area contributed by atoms with Crippen LogP contribution in [0.2, 0.25) is 0 Å². The summed E-state index contributed by atoms with van der Waals surface area (Å²) in [6, 6.07) is 7.61. The van der Waals surface area contributed by atoms with Gasteiger partial charge in [-0.25, -0.2) is 9.78 Å². The Labute approximate surface area is 114 Å². The number of methoxy groups -OCH3 is 1. The van der Waals surface area contributed by atoms with E-state index in [-0.39, 0.29) is 11.5 Å². The highest BCUT2D eigenvalue weighted by Gasteiger charge is 2.18. The highest BCUT2D eigenvalue weighted by Crippen LogP contribution is 2.29. The van der Waals surface area contributed by atoms with E-state index < -0.39 is 5.97 Å². The Hall–Kier alpha value is -1.76. The lowest BCUT2D eigenvalue weighted by atomic mass is 10.1. The number of carboxylic acid groups (broad SMARTS) is 1. The number of carbonyl (C=O) groups is 1. The normalized spacial score (nSPS) is 10.6. The predicted octanol–water partition coefficient (Wildman–Crippen LogP) is 2.11. The van der Waals surface area contributed by atoms with Gasteiger partial charge in [-0.2, -0.15) is 0 Å². The van der Waals surface area contributed by atoms with E-state index in [1.54, 1.807) is 0 Å². The van der Waals surface area contributed by atoms with Crippen molar-refractivity contribution < 1.29 is 14.6 Å². The Bertz CT molecular complexity index is 595. The molecule has 0 saturated heterocycles. The maximum absolute atomic E-state index is 11.2. The lowest BCUT2D eigenvalue weighted by molar-refractivity contribution is 0.0697. The second-order valence-corrected chi connectivity index (χ2v) is 4.94. The van der Waals surface area contributed by atoms with E-state index in [0.29, 0.717) is 17.2 Å². The van der Waals surface area contributed by atoms with Crippen LogP contribution in [0.3, 0.4) is 0 Å². The molecule has 0 fully saturated rings. The van der Waals surface area contributed by atoms with Crippen LogP contribution in [0, 0.1) is 0 Å². The van der Waals surface area contributed by atoms with Crippen LogP contribution >= 0.6 is 11.3 Å². The minimum Gasteiger partial charge on any atom is -0.477 e. The molecule has 2 rings (SSSR count). The van der Waals surface area contributed by atoms with Crippen molar-refractivity contribution in [1.82, 2.24) is 4.98 Å². The van der Waals surface area contributed by atoms with Crippen molar-refractivity contribution in [2.45, 2.75) is 13.2 Å². The molecule has 0 bridgehead atoms. The van der Waals surface area contributed by atoms with Gasteiger partial charge >= 0.3 is 5.97 Å². The average Bonchev–Trinajstić information content (AvgIpc) is 2.83. The summed E-state index contributed by atoms with van der Waals surface area (Å²) < 4.78 is 4.97. The maximum Gasteiger partial charge on any atom is 0.347 e. The number of carboxylic acids is 1. The Morgan fingerprint density at radius 3 is 2.95 bits per heavy atom. The standard InChI is InChI=1S/C13H14N2O3S/c1-18-7-10-11(13(16)17)19-12(15-10)9-4-2-3-8(5-9)6-14/h2-5H,6-7,14H2,1H3,(H,16,17). The molecule has 1 aromatic heterocycles. The Morgan fingerprint density at radius 1 is 1.53 bits per heavy atom. The zero-order valence-electron chi connectivity index (χ0n) is 10.4. The molecule has 0 spiro atoms. The van der Waals surface area contributed by atoms with Gasteiger partial charge in [-0.05, 0) is 11.6 Å². The van der Waals surface area contributed by atoms with Crippen molar-refractivity contribution in [3.63, 3.8) is 0 Å². The van der Waals surface area contributed by atoms with Gasteiger partial charge in [0.25, 0.3) is 0 Å². The number of nitrogens with zero attached hydrogens (tertiary/aromatic N) is 1. The van der Waals surface area contributed by atoms with Gasteiger partial charge < -0.3 is 15.6 Å². The number of thiazole rings is 1. The smallest absolute Gasteiger partial charge is 0.347 e. The zero-order valence-corrected chi connectivity index (χ0v) is 11.2. The summed E-state index contributed by atoms with van der Waals surface area (Å²) in [5.74, 6) is -0.981. The van der Waals surface area contributed by atoms with Crippen molar-refractivity contribution in [3.8, 4) is 10.6 Å². The van der Waals surface area contributed by atoms with E-state index in [0.717, 1.165) is 22.5 Å². The van der Waals surface area contributed by atoms with Gasteiger partial charge in [0.1, 0.15) is 9.88 Å². The number of ether oxygens (including phenoxy) is 1. The fourth-order valence-electron chi connectivity index (χ4n) is 1.71. The number of aromatic carboxylic acids is 1. The highest BCUT2D eigenvalue weighted by molar-refractivity contribution is 7.17. The first-order valence-corrected chi connectivity index (χ1v) is 6.48. The molecular formula is C13H14N2O3S. The molecule has 0 aliphatic heterocycles. The Morgan fingerprint density at radius 2 is 2.32 bits per heavy atom. The maximum atomic E-state index is 11.2. The number of benzene rings is 1. The predicted molar refractivity (Wildman–Crippen MR) is 73.1 cm³/mol. The molecule has 1 heterocycles. The molecule has 0 aliphatic carbocycles. The molecule has 2 aromatic rings. The summed E-state index contributed by atoms with van der Waals surface area (Å²) >= 11 is 1.15. The minimum atomic E-state index is -0.981. The lowest BCUT2D eigenvalue weighted by Gasteiger charge is -1.99. The quantitative estimate of drug-likeness (QED) is 0.875. The minimum absolute atomic E-state index is 0.189. The Kier molecular flexibility index (Phi) is 4.26. The first kappa shape index (κ1) is 13.7. The van der Waals surface area contributed by atoms with Crippen LogP contribution < -0.4 is 5.73 Å². The lowest BCUT2D eigenvalue weighted by Crippen LogP contribution is -1.99. The van der Waals surface area contributed by atoms with Crippen LogP contribution in [-0.2, 0) is 17.9 Å². The van der Waals surface area contributed by atoms with Crippen molar-refractivity contribution in [3.05, 3.63) is 40.4 Å². The van der Waals surface area contributed by atoms with E-state index in [4.69, 9.17) is 15.6 Å². The van der Waals surface area contributed by atoms with Crippen LogP contribution in [0.4, 0.5) is 0 Å². The molecule has 6 heteroatoms. The van der Waals surface area contributed by atoms with Gasteiger partial charge in [0.15, 0.2) is 0 Å². The number of hydrogen-bond acceptors (Lipinski definition) is 5. The fraction of sp³-hybridized carbons (Fsp3) is 0.231. The molecule has 0 radical (unpaired) electrons. The molecule has 0 unspecified atom stereocenters. The van der Waals surface area contributed by atoms with Crippen LogP contribution in [0.15, 0.2) is 24.3 Å². The first-order valence-electron chi connectivity index (χ1n) is 5.67. The molecule has 3 N–H and O–H groups in total. The second kappa shape index (κ2) is 5.92. The molecule has 0 aliphatic rings. The van der Waals surface area contributed by atoms with Gasteiger partial charge in [0.05, 0.1) is 12.3 Å². The van der Waals surface area contributed by atoms with Gasteiger partial charge in [0.2, 0.25) is 0 Å². The summed E-state index contributed by atoms with van der Waals surface area (Å²) in [5.41, 5.74) is 7.91. The van der Waals surface area contributed by atoms with Crippen molar-refractivity contribution in [2.75, 3.05) is 7.11 Å². The van der Waals surface area contributed by atoms with Gasteiger partial charge in [-0.1, -0.05) is 18.2 Å². The highest BCUT2D eigenvalue weighted by atomic mass is 32.1. The van der Waals surface area contributed by atoms with Crippen LogP contribution in [0.5, 0.6) is 0 Å². The van der Waals surface area contributed by atoms with Gasteiger partial charge in [-0.15, -0.1) is 11.3 Å². The van der Waals surface area contributed by atoms with Crippen molar-refractivity contribution in [2.24, 2.45) is 5.73 Å². The molecule has 19 heavy (non-hydrogen) atoms. The monoisotopic (exact) mass is 278 g/mol. The van der Waals surface area contributed by atoms with E-state index in [1.807, 2.05) is 24.3 Å². The number of rotatable bonds is 5. The van der Waals surface area contributed by atoms with E-state index in [2.05, 4.69) is 4.98 Å². The first-order chi connectivity index (χ1) is 9.15. The van der Waals surface area contributed by atoms with Crippen LogP contribution in [0.1, 0.15) is 20.9 Å². The third-order valence-corrected chi connectivity index (χ3v) is 3.72. The molecule has 0 amide bonds. The average molecular weight is 278 g/mol. The van der Waals surface area contributed by atoms with Crippen LogP contribution in [0.25, 0.3) is 10.6 Å². The van der Waals surface area contributed by atoms with Crippen molar-refractivity contribution >= 4 is 17.3 Å². The fourth-order valence-corrected chi connectivity index (χ4v) is 2.61. The second-order valence-electron chi connectivity index (χ2n) is 3.94. The summed E-state index contributed by atoms with van der Waals surface area (Å²) in [7, 11) is 1.51. The van der Waals surface area contributed by atoms with Crippen LogP contribution in [-0.4, -0.2) is 23.2 Å². The van der Waals surface area contributed by atoms with Gasteiger partial charge in [0, 0.05) is 19.2 Å². The topological polar surface area (TPSA) is 85.4 Å². The van der Waals surface area contributed by atoms with E-state index in [9.17, 15) is 4.79 Å². The molecule has 0 atom stereocenters. The van der Waals surface area contributed by atoms with E-state index >= 15 is 0 Å². The summed E-state index contributed by atoms with van der Waals surface area (Å²) in [4.78, 5) is 15.7. The third kappa shape index (κ3) is 2.98. The van der Waals surface area contributed by atoms with E-state index in [1.165, 1.54) is 7.11 Å². The molecule has 100 valence electrons. The number of hydrogen-bond donors (Lipinski definition) is 2. The summed E-state index contributed by atoms with van der Waals surface area (Å²) in [6.07, 6.45) is 0. The third-order valence-electron chi connectivity index (χ3n) is 2.58. The molecule has 5 nitrogen and oxygen atoms in total. The van der Waals surface area contributed by atoms with Gasteiger partial charge in [-0.3, -0.25) is 0 Å². The summed E-state index contributed by atoms with van der Waals surface area (Å²) in [6.45, 7) is 0.630. The molecular weight excluding hydrogens is 264 g/mol. The Balaban J connectivity index is 2.44. The molecule has 1 aromatic carbocycles.